The zero-order valence-electron chi connectivity index (χ0n) is 19.4. The monoisotopic (exact) mass is 480 g/mol. The Balaban J connectivity index is 1.61. The van der Waals surface area contributed by atoms with Crippen LogP contribution in [0.15, 0.2) is 77.8 Å². The molecule has 1 amide bonds. The summed E-state index contributed by atoms with van der Waals surface area (Å²) in [5.41, 5.74) is 4.54. The molecule has 1 aromatic heterocycles. The maximum atomic E-state index is 13.3. The third-order valence-electron chi connectivity index (χ3n) is 6.38. The fourth-order valence-electron chi connectivity index (χ4n) is 4.76. The normalized spacial score (nSPS) is 15.8. The highest BCUT2D eigenvalue weighted by Gasteiger charge is 2.42. The smallest absolute Gasteiger partial charge is 0.291 e. The van der Waals surface area contributed by atoms with E-state index in [9.17, 15) is 14.9 Å². The second kappa shape index (κ2) is 8.05. The van der Waals surface area contributed by atoms with Gasteiger partial charge in [0.2, 0.25) is 5.84 Å². The predicted molar refractivity (Wildman–Crippen MR) is 134 cm³/mol. The van der Waals surface area contributed by atoms with Gasteiger partial charge in [0, 0.05) is 17.7 Å². The van der Waals surface area contributed by atoms with E-state index in [0.717, 1.165) is 22.5 Å². The molecule has 0 aliphatic carbocycles. The third-order valence-corrected chi connectivity index (χ3v) is 6.38. The molecule has 1 unspecified atom stereocenters. The molecule has 1 atom stereocenters. The second-order valence-electron chi connectivity index (χ2n) is 8.46. The number of ether oxygens (including phenoxy) is 1. The van der Waals surface area contributed by atoms with Crippen molar-refractivity contribution in [2.75, 3.05) is 17.3 Å². The van der Waals surface area contributed by atoms with Crippen molar-refractivity contribution in [3.05, 3.63) is 99.7 Å². The van der Waals surface area contributed by atoms with Crippen LogP contribution in [0, 0.1) is 17.0 Å². The van der Waals surface area contributed by atoms with E-state index in [-0.39, 0.29) is 17.4 Å². The minimum Gasteiger partial charge on any atom is -0.497 e. The number of nitro groups is 1. The molecule has 36 heavy (non-hydrogen) atoms. The number of rotatable bonds is 4. The number of nitro benzene ring substituents is 1. The molecule has 0 saturated heterocycles. The van der Waals surface area contributed by atoms with E-state index in [1.54, 1.807) is 23.9 Å². The minimum absolute atomic E-state index is 0.0218. The van der Waals surface area contributed by atoms with Gasteiger partial charge in [-0.15, -0.1) is 0 Å². The molecular weight excluding hydrogens is 460 g/mol. The van der Waals surface area contributed by atoms with Crippen molar-refractivity contribution >= 4 is 34.6 Å². The lowest BCUT2D eigenvalue weighted by Gasteiger charge is -2.40. The van der Waals surface area contributed by atoms with Gasteiger partial charge in [-0.25, -0.2) is 9.67 Å². The summed E-state index contributed by atoms with van der Waals surface area (Å²) in [4.78, 5) is 30.7. The molecule has 1 N–H and O–H groups in total. The number of aromatic nitrogens is 2. The van der Waals surface area contributed by atoms with Gasteiger partial charge in [0.15, 0.2) is 5.82 Å². The molecule has 10 heteroatoms. The Morgan fingerprint density at radius 3 is 2.58 bits per heavy atom. The van der Waals surface area contributed by atoms with Crippen molar-refractivity contribution in [1.82, 2.24) is 9.78 Å². The molecule has 0 saturated carbocycles. The number of carbonyl (C=O) groups is 1. The lowest BCUT2D eigenvalue weighted by molar-refractivity contribution is -0.384. The van der Waals surface area contributed by atoms with Crippen molar-refractivity contribution in [1.29, 1.82) is 0 Å². The first-order valence-corrected chi connectivity index (χ1v) is 11.2. The van der Waals surface area contributed by atoms with Gasteiger partial charge in [-0.2, -0.15) is 5.10 Å². The Kier molecular flexibility index (Phi) is 4.82. The molecule has 0 bridgehead atoms. The number of carbonyl (C=O) groups excluding carboxylic acids is 1. The number of aryl methyl sites for hydroxylation is 1. The molecule has 6 rings (SSSR count). The first-order chi connectivity index (χ1) is 17.5. The number of para-hydroxylation sites is 2. The molecule has 0 radical (unpaired) electrons. The quantitative estimate of drug-likeness (QED) is 0.335. The minimum atomic E-state index is -0.450. The lowest BCUT2D eigenvalue weighted by atomic mass is 9.93. The molecular formula is C26H20N6O4. The summed E-state index contributed by atoms with van der Waals surface area (Å²) in [5.74, 6) is 1.08. The average Bonchev–Trinajstić information content (AvgIpc) is 3.23. The highest BCUT2D eigenvalue weighted by Crippen LogP contribution is 2.47. The first kappa shape index (κ1) is 21.5. The number of nitrogens with one attached hydrogen (secondary N) is 1. The van der Waals surface area contributed by atoms with Crippen LogP contribution in [0.2, 0.25) is 0 Å². The van der Waals surface area contributed by atoms with Crippen molar-refractivity contribution in [2.24, 2.45) is 4.99 Å². The van der Waals surface area contributed by atoms with Crippen LogP contribution in [-0.2, 0) is 4.79 Å². The van der Waals surface area contributed by atoms with Crippen molar-refractivity contribution in [3.63, 3.8) is 0 Å². The number of fused-ring (bicyclic) bond motifs is 4. The van der Waals surface area contributed by atoms with Crippen LogP contribution in [-0.4, -0.2) is 33.6 Å². The molecule has 3 heterocycles. The van der Waals surface area contributed by atoms with Crippen LogP contribution in [0.1, 0.15) is 22.9 Å². The van der Waals surface area contributed by atoms with Gasteiger partial charge in [-0.1, -0.05) is 24.3 Å². The summed E-state index contributed by atoms with van der Waals surface area (Å²) in [6, 6.07) is 20.9. The number of hydrogen-bond acceptors (Lipinski definition) is 7. The van der Waals surface area contributed by atoms with Crippen LogP contribution in [0.5, 0.6) is 5.75 Å². The van der Waals surface area contributed by atoms with Gasteiger partial charge >= 0.3 is 0 Å². The summed E-state index contributed by atoms with van der Waals surface area (Å²) < 4.78 is 7.12. The zero-order valence-corrected chi connectivity index (χ0v) is 19.4. The molecule has 2 aliphatic heterocycles. The molecule has 178 valence electrons. The van der Waals surface area contributed by atoms with Crippen LogP contribution < -0.4 is 15.0 Å². The van der Waals surface area contributed by atoms with Gasteiger partial charge in [-0.05, 0) is 48.9 Å². The van der Waals surface area contributed by atoms with Crippen LogP contribution in [0.3, 0.4) is 0 Å². The Labute approximate surface area is 205 Å². The van der Waals surface area contributed by atoms with E-state index in [2.05, 4.69) is 5.32 Å². The van der Waals surface area contributed by atoms with E-state index >= 15 is 0 Å². The number of methoxy groups -OCH3 is 1. The van der Waals surface area contributed by atoms with E-state index in [0.29, 0.717) is 22.9 Å². The Morgan fingerprint density at radius 2 is 1.83 bits per heavy atom. The lowest BCUT2D eigenvalue weighted by Crippen LogP contribution is -2.48. The van der Waals surface area contributed by atoms with Gasteiger partial charge in [0.05, 0.1) is 40.8 Å². The topological polar surface area (TPSA) is 115 Å². The molecule has 3 aromatic carbocycles. The van der Waals surface area contributed by atoms with Gasteiger partial charge in [0.1, 0.15) is 5.75 Å². The Bertz CT molecular complexity index is 1570. The number of non-ortho nitro benzene ring substituents is 1. The predicted octanol–water partition coefficient (Wildman–Crippen LogP) is 4.69. The number of amides is 1. The number of aliphatic imine (C=N–C) groups is 1. The summed E-state index contributed by atoms with van der Waals surface area (Å²) in [5, 5.41) is 18.8. The SMILES string of the molecule is COc1cccc(C2c3c(C)nn(-c4ccc([N+](=O)[O-])cc4)c3N=C3C(=O)Nc4ccccc4N32)c1. The standard InChI is InChI=1S/C26H20N6O4/c1-15-22-23(16-6-5-7-19(14-16)36-2)30-21-9-4-3-8-20(21)27-26(33)25(30)28-24(22)31(29-15)17-10-12-18(13-11-17)32(34)35/h3-14,23H,1-2H3,(H,27,33). The summed E-state index contributed by atoms with van der Waals surface area (Å²) >= 11 is 0. The summed E-state index contributed by atoms with van der Waals surface area (Å²) in [7, 11) is 1.61. The highest BCUT2D eigenvalue weighted by atomic mass is 16.6. The maximum Gasteiger partial charge on any atom is 0.291 e. The average molecular weight is 480 g/mol. The van der Waals surface area contributed by atoms with Gasteiger partial charge in [-0.3, -0.25) is 14.9 Å². The summed E-state index contributed by atoms with van der Waals surface area (Å²) in [6.07, 6.45) is 0. The number of amidine groups is 1. The van der Waals surface area contributed by atoms with Crippen LogP contribution >= 0.6 is 0 Å². The Morgan fingerprint density at radius 1 is 1.06 bits per heavy atom. The highest BCUT2D eigenvalue weighted by molar-refractivity contribution is 6.50. The fourth-order valence-corrected chi connectivity index (χ4v) is 4.76. The fraction of sp³-hybridized carbons (Fsp3) is 0.115. The summed E-state index contributed by atoms with van der Waals surface area (Å²) in [6.45, 7) is 1.89. The molecule has 0 fully saturated rings. The van der Waals surface area contributed by atoms with Crippen molar-refractivity contribution in [2.45, 2.75) is 13.0 Å². The van der Waals surface area contributed by atoms with Gasteiger partial charge < -0.3 is 15.0 Å². The first-order valence-electron chi connectivity index (χ1n) is 11.2. The second-order valence-corrected chi connectivity index (χ2v) is 8.46. The number of hydrogen-bond donors (Lipinski definition) is 1. The van der Waals surface area contributed by atoms with E-state index in [1.165, 1.54) is 12.1 Å². The van der Waals surface area contributed by atoms with Crippen LogP contribution in [0.25, 0.3) is 5.69 Å². The van der Waals surface area contributed by atoms with E-state index in [1.807, 2.05) is 60.4 Å². The van der Waals surface area contributed by atoms with Crippen LogP contribution in [0.4, 0.5) is 22.9 Å². The number of nitrogens with zero attached hydrogens (tertiary/aromatic N) is 5. The molecule has 2 aliphatic rings. The Hall–Kier alpha value is -4.99. The molecule has 0 spiro atoms. The third kappa shape index (κ3) is 3.22. The zero-order chi connectivity index (χ0) is 25.0. The number of benzene rings is 3. The molecule has 4 aromatic rings. The van der Waals surface area contributed by atoms with Crippen molar-refractivity contribution < 1.29 is 14.5 Å². The van der Waals surface area contributed by atoms with Gasteiger partial charge in [0.25, 0.3) is 11.6 Å². The number of anilines is 2. The largest absolute Gasteiger partial charge is 0.497 e. The molecule has 10 nitrogen and oxygen atoms in total. The van der Waals surface area contributed by atoms with Crippen molar-refractivity contribution in [3.8, 4) is 11.4 Å². The van der Waals surface area contributed by atoms with E-state index in [4.69, 9.17) is 14.8 Å². The maximum absolute atomic E-state index is 13.3. The van der Waals surface area contributed by atoms with E-state index < -0.39 is 11.0 Å².